The van der Waals surface area contributed by atoms with Crippen LogP contribution in [-0.2, 0) is 21.7 Å². The summed E-state index contributed by atoms with van der Waals surface area (Å²) in [6, 6.07) is 0. The maximum Gasteiger partial charge on any atom is 0.0628 e. The molecule has 0 radical (unpaired) electrons. The SMILES string of the molecule is OCC1[CH-]CCC2C3NC4NC(NC5NC(NC6NC(NC(N3)C12)C1CCCCC61)C1CCCCC51)C1CCCCC41.[Ti]. The molecule has 0 aromatic carbocycles. The summed E-state index contributed by atoms with van der Waals surface area (Å²) in [5.74, 6) is 5.37. The molecule has 4 aliphatic carbocycles. The summed E-state index contributed by atoms with van der Waals surface area (Å²) in [5.41, 5.74) is 0. The second kappa shape index (κ2) is 12.8. The van der Waals surface area contributed by atoms with Gasteiger partial charge in [0, 0.05) is 28.3 Å². The molecule has 8 bridgehead atoms. The number of hydrogen-bond acceptors (Lipinski definition) is 9. The van der Waals surface area contributed by atoms with Gasteiger partial charge in [0.2, 0.25) is 0 Å². The van der Waals surface area contributed by atoms with Crippen molar-refractivity contribution in [3.63, 3.8) is 0 Å². The van der Waals surface area contributed by atoms with Crippen LogP contribution in [0, 0.1) is 59.7 Å². The molecule has 0 aromatic rings. The summed E-state index contributed by atoms with van der Waals surface area (Å²) >= 11 is 0. The molecule has 5 saturated heterocycles. The summed E-state index contributed by atoms with van der Waals surface area (Å²) in [4.78, 5) is 0. The summed E-state index contributed by atoms with van der Waals surface area (Å²) in [5, 5.41) is 44.0. The van der Waals surface area contributed by atoms with Crippen LogP contribution < -0.4 is 42.5 Å². The van der Waals surface area contributed by atoms with E-state index in [1.165, 1.54) is 83.5 Å². The zero-order valence-electron chi connectivity index (χ0n) is 25.9. The van der Waals surface area contributed by atoms with Gasteiger partial charge in [-0.2, -0.15) is 6.42 Å². The first kappa shape index (κ1) is 30.7. The molecule has 5 aliphatic heterocycles. The molecular formula is C33H57N8OTi-. The van der Waals surface area contributed by atoms with Crippen molar-refractivity contribution in [2.45, 2.75) is 139 Å². The smallest absolute Gasteiger partial charge is 0.0628 e. The molecule has 0 spiro atoms. The van der Waals surface area contributed by atoms with Crippen LogP contribution in [0.4, 0.5) is 0 Å². The van der Waals surface area contributed by atoms with Crippen molar-refractivity contribution in [3.05, 3.63) is 6.42 Å². The van der Waals surface area contributed by atoms with Gasteiger partial charge in [0.05, 0.1) is 49.3 Å². The van der Waals surface area contributed by atoms with Gasteiger partial charge in [0.25, 0.3) is 0 Å². The minimum Gasteiger partial charge on any atom is -0.399 e. The Kier molecular flexibility index (Phi) is 9.10. The molecule has 17 unspecified atom stereocenters. The average molecular weight is 630 g/mol. The van der Waals surface area contributed by atoms with E-state index in [1.807, 2.05) is 0 Å². The second-order valence-corrected chi connectivity index (χ2v) is 15.9. The van der Waals surface area contributed by atoms with Crippen LogP contribution in [0.3, 0.4) is 0 Å². The molecule has 0 aromatic heterocycles. The Morgan fingerprint density at radius 1 is 0.419 bits per heavy atom. The summed E-state index contributed by atoms with van der Waals surface area (Å²) in [6.45, 7) is 0.262. The van der Waals surface area contributed by atoms with Crippen LogP contribution in [0.5, 0.6) is 0 Å². The summed E-state index contributed by atoms with van der Waals surface area (Å²) in [7, 11) is 0. The van der Waals surface area contributed by atoms with Gasteiger partial charge in [-0.15, -0.1) is 5.92 Å². The minimum absolute atomic E-state index is 0. The van der Waals surface area contributed by atoms with Crippen molar-refractivity contribution in [1.29, 1.82) is 0 Å². The molecule has 9 N–H and O–H groups in total. The Morgan fingerprint density at radius 3 is 1.05 bits per heavy atom. The number of nitrogens with one attached hydrogen (secondary N) is 8. The van der Waals surface area contributed by atoms with Gasteiger partial charge in [0.15, 0.2) is 0 Å². The van der Waals surface area contributed by atoms with E-state index in [4.69, 9.17) is 0 Å². The quantitative estimate of drug-likeness (QED) is 0.158. The third-order valence-corrected chi connectivity index (χ3v) is 14.0. The number of aliphatic hydroxyl groups is 1. The van der Waals surface area contributed by atoms with Gasteiger partial charge >= 0.3 is 0 Å². The zero-order chi connectivity index (χ0) is 27.8. The van der Waals surface area contributed by atoms with Crippen LogP contribution in [-0.4, -0.2) is 61.0 Å². The van der Waals surface area contributed by atoms with Crippen molar-refractivity contribution >= 4 is 0 Å². The number of rotatable bonds is 1. The largest absolute Gasteiger partial charge is 0.399 e. The normalized spacial score (nSPS) is 55.9. The van der Waals surface area contributed by atoms with Crippen LogP contribution in [0.25, 0.3) is 0 Å². The van der Waals surface area contributed by atoms with E-state index in [1.54, 1.807) is 0 Å². The van der Waals surface area contributed by atoms with Crippen LogP contribution >= 0.6 is 0 Å². The van der Waals surface area contributed by atoms with E-state index in [0.717, 1.165) is 6.42 Å². The third kappa shape index (κ3) is 5.37. The Labute approximate surface area is 274 Å². The zero-order valence-corrected chi connectivity index (χ0v) is 27.5. The maximum atomic E-state index is 10.5. The molecule has 17 atom stereocenters. The number of fused-ring (bicyclic) bond motifs is 20. The molecule has 5 heterocycles. The summed E-state index contributed by atoms with van der Waals surface area (Å²) < 4.78 is 0. The van der Waals surface area contributed by atoms with Crippen LogP contribution in [0.15, 0.2) is 0 Å². The third-order valence-electron chi connectivity index (χ3n) is 14.0. The Bertz CT molecular complexity index is 975. The van der Waals surface area contributed by atoms with Crippen molar-refractivity contribution in [2.24, 2.45) is 53.3 Å². The predicted molar refractivity (Wildman–Crippen MR) is 163 cm³/mol. The fourth-order valence-corrected chi connectivity index (χ4v) is 12.2. The molecule has 43 heavy (non-hydrogen) atoms. The predicted octanol–water partition coefficient (Wildman–Crippen LogP) is 1.64. The van der Waals surface area contributed by atoms with Crippen molar-refractivity contribution in [3.8, 4) is 0 Å². The second-order valence-electron chi connectivity index (χ2n) is 15.9. The Morgan fingerprint density at radius 2 is 0.721 bits per heavy atom. The maximum absolute atomic E-state index is 10.5. The first-order valence-electron chi connectivity index (χ1n) is 18.3. The molecule has 0 amide bonds. The molecule has 4 saturated carbocycles. The van der Waals surface area contributed by atoms with Gasteiger partial charge in [-0.05, 0) is 85.9 Å². The van der Waals surface area contributed by atoms with E-state index in [-0.39, 0.29) is 46.6 Å². The first-order valence-corrected chi connectivity index (χ1v) is 18.3. The standard InChI is InChI=1S/C33H57N8O.Ti/c42-16-17-8-7-15-24-25(17)33-40-31-23-14-6-5-13-22(23)29(38-31)36-27-19-10-2-1-9-18(19)26(34-27)35-28-20-11-3-4-12-21(20)30(37-28)39-32(24)41-33;/h8,17-42H,1-7,9-16H2;/q-1;. The molecule has 10 heteroatoms. The molecule has 240 valence electrons. The van der Waals surface area contributed by atoms with E-state index >= 15 is 0 Å². The molecule has 9 fully saturated rings. The fourth-order valence-electron chi connectivity index (χ4n) is 12.2. The fraction of sp³-hybridized carbons (Fsp3) is 0.970. The molecule has 9 rings (SSSR count). The van der Waals surface area contributed by atoms with Crippen molar-refractivity contribution in [2.75, 3.05) is 6.61 Å². The number of hydrogen-bond donors (Lipinski definition) is 9. The number of aliphatic hydroxyl groups excluding tert-OH is 1. The van der Waals surface area contributed by atoms with Crippen LogP contribution in [0.2, 0.25) is 0 Å². The van der Waals surface area contributed by atoms with Gasteiger partial charge in [0.1, 0.15) is 0 Å². The van der Waals surface area contributed by atoms with Crippen LogP contribution in [0.1, 0.15) is 89.9 Å². The van der Waals surface area contributed by atoms with Gasteiger partial charge < -0.3 is 11.5 Å². The van der Waals surface area contributed by atoms with E-state index < -0.39 is 0 Å². The Hall–Kier alpha value is 0.354. The van der Waals surface area contributed by atoms with Gasteiger partial charge in [-0.25, -0.2) is 0 Å². The average Bonchev–Trinajstić information content (AvgIpc) is 3.76. The monoisotopic (exact) mass is 629 g/mol. The van der Waals surface area contributed by atoms with Crippen molar-refractivity contribution < 1.29 is 26.8 Å². The Balaban J connectivity index is 0.00000278. The molecular weight excluding hydrogens is 572 g/mol. The van der Waals surface area contributed by atoms with Crippen molar-refractivity contribution in [1.82, 2.24) is 42.5 Å². The first-order chi connectivity index (χ1) is 20.7. The minimum atomic E-state index is 0. The summed E-state index contributed by atoms with van der Waals surface area (Å²) in [6.07, 6.45) is 23.6. The van der Waals surface area contributed by atoms with E-state index in [9.17, 15) is 5.11 Å². The molecule has 9 nitrogen and oxygen atoms in total. The van der Waals surface area contributed by atoms with Gasteiger partial charge in [-0.1, -0.05) is 44.9 Å². The van der Waals surface area contributed by atoms with E-state index in [2.05, 4.69) is 49.0 Å². The van der Waals surface area contributed by atoms with Gasteiger partial charge in [-0.3, -0.25) is 42.5 Å². The topological polar surface area (TPSA) is 116 Å². The molecule has 9 aliphatic rings. The van der Waals surface area contributed by atoms with E-state index in [0.29, 0.717) is 84.3 Å².